The van der Waals surface area contributed by atoms with Crippen molar-refractivity contribution in [3.63, 3.8) is 0 Å². The van der Waals surface area contributed by atoms with Crippen molar-refractivity contribution in [1.29, 1.82) is 0 Å². The summed E-state index contributed by atoms with van der Waals surface area (Å²) in [5, 5.41) is 17.1. The van der Waals surface area contributed by atoms with Crippen molar-refractivity contribution in [3.05, 3.63) is 65.7 Å². The first-order chi connectivity index (χ1) is 13.8. The van der Waals surface area contributed by atoms with Gasteiger partial charge < -0.3 is 10.1 Å². The highest BCUT2D eigenvalue weighted by Gasteiger charge is 2.21. The largest absolute Gasteiger partial charge is 0.379 e. The van der Waals surface area contributed by atoms with Gasteiger partial charge >= 0.3 is 0 Å². The number of nitrogens with one attached hydrogen (secondary N) is 2. The first-order valence-electron chi connectivity index (χ1n) is 9.29. The number of aromatic nitrogens is 4. The molecule has 0 aliphatic carbocycles. The Morgan fingerprint density at radius 3 is 2.71 bits per heavy atom. The average molecular weight is 378 g/mol. The Kier molecular flexibility index (Phi) is 5.69. The van der Waals surface area contributed by atoms with Crippen LogP contribution in [-0.4, -0.2) is 64.3 Å². The Hall–Kier alpha value is -3.10. The van der Waals surface area contributed by atoms with Crippen molar-refractivity contribution >= 4 is 5.91 Å². The van der Waals surface area contributed by atoms with Crippen LogP contribution in [0.2, 0.25) is 0 Å². The van der Waals surface area contributed by atoms with Gasteiger partial charge in [0.05, 0.1) is 19.3 Å². The number of nitrogens with zero attached hydrogens (tertiary/aromatic N) is 4. The second kappa shape index (κ2) is 8.73. The fourth-order valence-electron chi connectivity index (χ4n) is 3.29. The van der Waals surface area contributed by atoms with Crippen molar-refractivity contribution in [3.8, 4) is 11.4 Å². The molecule has 8 nitrogen and oxygen atoms in total. The Bertz CT molecular complexity index is 894. The van der Waals surface area contributed by atoms with Gasteiger partial charge in [-0.2, -0.15) is 5.21 Å². The Morgan fingerprint density at radius 1 is 1.14 bits per heavy atom. The normalized spacial score (nSPS) is 15.9. The zero-order valence-corrected chi connectivity index (χ0v) is 15.4. The molecule has 1 aliphatic heterocycles. The molecule has 2 aromatic carbocycles. The number of amides is 1. The van der Waals surface area contributed by atoms with Crippen LogP contribution in [0.4, 0.5) is 0 Å². The first kappa shape index (κ1) is 18.3. The van der Waals surface area contributed by atoms with Crippen molar-refractivity contribution in [1.82, 2.24) is 30.8 Å². The van der Waals surface area contributed by atoms with Crippen molar-refractivity contribution < 1.29 is 9.53 Å². The van der Waals surface area contributed by atoms with Crippen LogP contribution >= 0.6 is 0 Å². The SMILES string of the molecule is O=C(NC(CN1CCOCC1)c1ccccc1)c1cccc(-c2nn[nH]n2)c1. The van der Waals surface area contributed by atoms with Crippen molar-refractivity contribution in [2.24, 2.45) is 0 Å². The molecule has 1 atom stereocenters. The number of benzene rings is 2. The van der Waals surface area contributed by atoms with Crippen LogP contribution < -0.4 is 5.32 Å². The van der Waals surface area contributed by atoms with Crippen LogP contribution in [0.1, 0.15) is 22.0 Å². The minimum atomic E-state index is -0.132. The van der Waals surface area contributed by atoms with E-state index in [9.17, 15) is 4.79 Å². The third-order valence-corrected chi connectivity index (χ3v) is 4.78. The molecular weight excluding hydrogens is 356 g/mol. The van der Waals surface area contributed by atoms with Gasteiger partial charge in [0.2, 0.25) is 5.82 Å². The molecule has 28 heavy (non-hydrogen) atoms. The summed E-state index contributed by atoms with van der Waals surface area (Å²) in [5.74, 6) is 0.329. The van der Waals surface area contributed by atoms with Gasteiger partial charge in [0.25, 0.3) is 5.91 Å². The second-order valence-electron chi connectivity index (χ2n) is 6.67. The quantitative estimate of drug-likeness (QED) is 0.677. The molecule has 8 heteroatoms. The minimum Gasteiger partial charge on any atom is -0.379 e. The fraction of sp³-hybridized carbons (Fsp3) is 0.300. The molecule has 1 aromatic heterocycles. The average Bonchev–Trinajstić information content (AvgIpc) is 3.30. The number of tetrazole rings is 1. The molecule has 1 unspecified atom stereocenters. The molecule has 1 aliphatic rings. The molecule has 144 valence electrons. The van der Waals surface area contributed by atoms with Crippen LogP contribution in [0, 0.1) is 0 Å². The number of morpholine rings is 1. The lowest BCUT2D eigenvalue weighted by atomic mass is 10.0. The number of carbonyl (C=O) groups is 1. The molecule has 2 N–H and O–H groups in total. The monoisotopic (exact) mass is 378 g/mol. The van der Waals surface area contributed by atoms with Gasteiger partial charge in [-0.05, 0) is 22.9 Å². The maximum atomic E-state index is 13.0. The molecule has 0 saturated carbocycles. The minimum absolute atomic E-state index is 0.111. The molecule has 0 radical (unpaired) electrons. The molecule has 0 spiro atoms. The number of hydrogen-bond donors (Lipinski definition) is 2. The first-order valence-corrected chi connectivity index (χ1v) is 9.29. The highest BCUT2D eigenvalue weighted by Crippen LogP contribution is 2.18. The predicted octanol–water partition coefficient (Wildman–Crippen LogP) is 1.67. The van der Waals surface area contributed by atoms with E-state index < -0.39 is 0 Å². The zero-order valence-electron chi connectivity index (χ0n) is 15.4. The summed E-state index contributed by atoms with van der Waals surface area (Å²) in [6.07, 6.45) is 0. The lowest BCUT2D eigenvalue weighted by Crippen LogP contribution is -2.43. The van der Waals surface area contributed by atoms with Crippen LogP contribution in [0.5, 0.6) is 0 Å². The predicted molar refractivity (Wildman–Crippen MR) is 104 cm³/mol. The Labute approximate surface area is 162 Å². The topological polar surface area (TPSA) is 96.0 Å². The van der Waals surface area contributed by atoms with E-state index in [2.05, 4.69) is 30.8 Å². The van der Waals surface area contributed by atoms with E-state index >= 15 is 0 Å². The highest BCUT2D eigenvalue weighted by atomic mass is 16.5. The van der Waals surface area contributed by atoms with Gasteiger partial charge in [-0.25, -0.2) is 0 Å². The molecule has 4 rings (SSSR count). The summed E-state index contributed by atoms with van der Waals surface area (Å²) >= 11 is 0. The van der Waals surface area contributed by atoms with E-state index in [1.54, 1.807) is 12.1 Å². The van der Waals surface area contributed by atoms with Gasteiger partial charge in [0.15, 0.2) is 0 Å². The van der Waals surface area contributed by atoms with Crippen LogP contribution in [0.3, 0.4) is 0 Å². The number of rotatable bonds is 6. The molecule has 3 aromatic rings. The van der Waals surface area contributed by atoms with E-state index in [-0.39, 0.29) is 11.9 Å². The van der Waals surface area contributed by atoms with Gasteiger partial charge in [-0.1, -0.05) is 42.5 Å². The summed E-state index contributed by atoms with van der Waals surface area (Å²) in [4.78, 5) is 15.3. The maximum absolute atomic E-state index is 13.0. The molecule has 1 amide bonds. The van der Waals surface area contributed by atoms with Crippen LogP contribution in [-0.2, 0) is 4.74 Å². The third-order valence-electron chi connectivity index (χ3n) is 4.78. The third kappa shape index (κ3) is 4.41. The van der Waals surface area contributed by atoms with E-state index in [4.69, 9.17) is 4.74 Å². The lowest BCUT2D eigenvalue weighted by molar-refractivity contribution is 0.0332. The lowest BCUT2D eigenvalue weighted by Gasteiger charge is -2.31. The summed E-state index contributed by atoms with van der Waals surface area (Å²) in [5.41, 5.74) is 2.38. The van der Waals surface area contributed by atoms with Crippen LogP contribution in [0.25, 0.3) is 11.4 Å². The molecule has 1 fully saturated rings. The van der Waals surface area contributed by atoms with E-state index in [0.29, 0.717) is 11.4 Å². The Morgan fingerprint density at radius 2 is 1.96 bits per heavy atom. The summed E-state index contributed by atoms with van der Waals surface area (Å²) in [6.45, 7) is 3.92. The van der Waals surface area contributed by atoms with Crippen LogP contribution in [0.15, 0.2) is 54.6 Å². The van der Waals surface area contributed by atoms with Crippen molar-refractivity contribution in [2.75, 3.05) is 32.8 Å². The number of hydrogen-bond acceptors (Lipinski definition) is 6. The highest BCUT2D eigenvalue weighted by molar-refractivity contribution is 5.95. The van der Waals surface area contributed by atoms with Crippen molar-refractivity contribution in [2.45, 2.75) is 6.04 Å². The molecule has 0 bridgehead atoms. The van der Waals surface area contributed by atoms with Gasteiger partial charge in [-0.3, -0.25) is 9.69 Å². The van der Waals surface area contributed by atoms with E-state index in [0.717, 1.165) is 44.0 Å². The summed E-state index contributed by atoms with van der Waals surface area (Å²) in [6, 6.07) is 17.2. The number of aromatic amines is 1. The number of ether oxygens (including phenoxy) is 1. The summed E-state index contributed by atoms with van der Waals surface area (Å²) in [7, 11) is 0. The standard InChI is InChI=1S/C20H22N6O2/c27-20(17-8-4-7-16(13-17)19-22-24-25-23-19)21-18(15-5-2-1-3-6-15)14-26-9-11-28-12-10-26/h1-8,13,18H,9-12,14H2,(H,21,27)(H,22,23,24,25). The molecule has 2 heterocycles. The molecule has 1 saturated heterocycles. The smallest absolute Gasteiger partial charge is 0.251 e. The van der Waals surface area contributed by atoms with E-state index in [1.165, 1.54) is 0 Å². The number of carbonyl (C=O) groups excluding carboxylic acids is 1. The summed E-state index contributed by atoms with van der Waals surface area (Å²) < 4.78 is 5.44. The van der Waals surface area contributed by atoms with Gasteiger partial charge in [0.1, 0.15) is 0 Å². The molecular formula is C20H22N6O2. The maximum Gasteiger partial charge on any atom is 0.251 e. The van der Waals surface area contributed by atoms with E-state index in [1.807, 2.05) is 42.5 Å². The number of H-pyrrole nitrogens is 1. The van der Waals surface area contributed by atoms with Gasteiger partial charge in [-0.15, -0.1) is 10.2 Å². The van der Waals surface area contributed by atoms with Gasteiger partial charge in [0, 0.05) is 30.8 Å². The Balaban J connectivity index is 1.52. The second-order valence-corrected chi connectivity index (χ2v) is 6.67. The fourth-order valence-corrected chi connectivity index (χ4v) is 3.29. The zero-order chi connectivity index (χ0) is 19.2.